The summed E-state index contributed by atoms with van der Waals surface area (Å²) in [5.41, 5.74) is 1.30. The molecule has 0 fully saturated rings. The second-order valence-electron chi connectivity index (χ2n) is 4.48. The van der Waals surface area contributed by atoms with Crippen LogP contribution in [0.5, 0.6) is 0 Å². The van der Waals surface area contributed by atoms with E-state index in [2.05, 4.69) is 30.1 Å². The van der Waals surface area contributed by atoms with Crippen LogP contribution in [0.25, 0.3) is 0 Å². The summed E-state index contributed by atoms with van der Waals surface area (Å²) >= 11 is 0. The minimum atomic E-state index is 0.456. The Bertz CT molecular complexity index is 317. The monoisotopic (exact) mass is 235 g/mol. The number of hydrogen-bond donors (Lipinski definition) is 1. The van der Waals surface area contributed by atoms with Gasteiger partial charge in [-0.05, 0) is 25.8 Å². The van der Waals surface area contributed by atoms with Gasteiger partial charge in [-0.25, -0.2) is 0 Å². The molecule has 0 aliphatic carbocycles. The highest BCUT2D eigenvalue weighted by molar-refractivity contribution is 5.10. The van der Waals surface area contributed by atoms with Crippen molar-refractivity contribution in [3.05, 3.63) is 30.6 Å². The third-order valence-electron chi connectivity index (χ3n) is 2.98. The summed E-state index contributed by atoms with van der Waals surface area (Å²) in [6, 6.07) is 0.456. The van der Waals surface area contributed by atoms with E-state index >= 15 is 0 Å². The van der Waals surface area contributed by atoms with E-state index in [4.69, 9.17) is 0 Å². The molecule has 1 heterocycles. The zero-order valence-corrected chi connectivity index (χ0v) is 11.2. The Hall–Kier alpha value is -1.09. The van der Waals surface area contributed by atoms with Gasteiger partial charge in [-0.2, -0.15) is 5.10 Å². The Balaban J connectivity index is 2.35. The molecule has 0 radical (unpaired) electrons. The van der Waals surface area contributed by atoms with E-state index in [0.717, 1.165) is 13.0 Å². The fourth-order valence-electron chi connectivity index (χ4n) is 2.07. The minimum absolute atomic E-state index is 0.456. The molecule has 96 valence electrons. The number of rotatable bonds is 9. The maximum atomic E-state index is 4.24. The topological polar surface area (TPSA) is 29.9 Å². The predicted octanol–water partition coefficient (Wildman–Crippen LogP) is 3.21. The number of nitrogens with zero attached hydrogens (tertiary/aromatic N) is 2. The number of hydrogen-bond acceptors (Lipinski definition) is 2. The highest BCUT2D eigenvalue weighted by Gasteiger charge is 2.11. The third kappa shape index (κ3) is 5.18. The van der Waals surface area contributed by atoms with Crippen molar-refractivity contribution in [1.82, 2.24) is 15.1 Å². The van der Waals surface area contributed by atoms with Crippen LogP contribution in [0.1, 0.15) is 50.6 Å². The van der Waals surface area contributed by atoms with E-state index in [0.29, 0.717) is 6.04 Å². The molecule has 0 spiro atoms. The first-order chi connectivity index (χ1) is 8.27. The Kier molecular flexibility index (Phi) is 6.63. The zero-order chi connectivity index (χ0) is 12.5. The van der Waals surface area contributed by atoms with Crippen LogP contribution in [0, 0.1) is 0 Å². The molecule has 0 amide bonds. The minimum Gasteiger partial charge on any atom is -0.310 e. The average molecular weight is 235 g/mol. The first-order valence-electron chi connectivity index (χ1n) is 6.60. The van der Waals surface area contributed by atoms with Gasteiger partial charge >= 0.3 is 0 Å². The number of aromatic nitrogens is 2. The lowest BCUT2D eigenvalue weighted by Gasteiger charge is -2.16. The lowest BCUT2D eigenvalue weighted by Crippen LogP contribution is -2.20. The van der Waals surface area contributed by atoms with Gasteiger partial charge in [0.2, 0.25) is 0 Å². The van der Waals surface area contributed by atoms with Gasteiger partial charge in [-0.15, -0.1) is 6.58 Å². The Morgan fingerprint density at radius 1 is 1.47 bits per heavy atom. The Morgan fingerprint density at radius 2 is 2.29 bits per heavy atom. The van der Waals surface area contributed by atoms with Crippen molar-refractivity contribution in [1.29, 1.82) is 0 Å². The molecular formula is C14H25N3. The summed E-state index contributed by atoms with van der Waals surface area (Å²) in [6.45, 7) is 6.91. The fraction of sp³-hybridized carbons (Fsp3) is 0.643. The van der Waals surface area contributed by atoms with Crippen LogP contribution in [0.2, 0.25) is 0 Å². The molecule has 3 heteroatoms. The van der Waals surface area contributed by atoms with E-state index in [1.807, 2.05) is 24.0 Å². The Morgan fingerprint density at radius 3 is 2.88 bits per heavy atom. The van der Waals surface area contributed by atoms with E-state index in [1.165, 1.54) is 31.2 Å². The van der Waals surface area contributed by atoms with Crippen molar-refractivity contribution in [2.45, 2.75) is 45.1 Å². The first-order valence-corrected chi connectivity index (χ1v) is 6.60. The van der Waals surface area contributed by atoms with Crippen LogP contribution in [0.4, 0.5) is 0 Å². The average Bonchev–Trinajstić information content (AvgIpc) is 2.74. The van der Waals surface area contributed by atoms with Gasteiger partial charge in [0, 0.05) is 24.8 Å². The van der Waals surface area contributed by atoms with Crippen LogP contribution in [-0.2, 0) is 7.05 Å². The van der Waals surface area contributed by atoms with Crippen LogP contribution >= 0.6 is 0 Å². The molecule has 17 heavy (non-hydrogen) atoms. The van der Waals surface area contributed by atoms with Gasteiger partial charge < -0.3 is 5.32 Å². The SMILES string of the molecule is C=CCCCCCC(NCC)c1cnn(C)c1. The summed E-state index contributed by atoms with van der Waals surface area (Å²) in [5.74, 6) is 0. The summed E-state index contributed by atoms with van der Waals surface area (Å²) in [6.07, 6.45) is 12.2. The van der Waals surface area contributed by atoms with Gasteiger partial charge in [-0.3, -0.25) is 4.68 Å². The number of nitrogens with one attached hydrogen (secondary N) is 1. The summed E-state index contributed by atoms with van der Waals surface area (Å²) in [4.78, 5) is 0. The molecule has 1 rings (SSSR count). The van der Waals surface area contributed by atoms with Gasteiger partial charge in [-0.1, -0.05) is 25.8 Å². The lowest BCUT2D eigenvalue weighted by atomic mass is 10.0. The molecule has 1 atom stereocenters. The van der Waals surface area contributed by atoms with Crippen molar-refractivity contribution < 1.29 is 0 Å². The molecule has 1 N–H and O–H groups in total. The van der Waals surface area contributed by atoms with Gasteiger partial charge in [0.15, 0.2) is 0 Å². The molecule has 0 aliphatic heterocycles. The van der Waals surface area contributed by atoms with Crippen molar-refractivity contribution in [3.8, 4) is 0 Å². The van der Waals surface area contributed by atoms with Crippen LogP contribution in [-0.4, -0.2) is 16.3 Å². The molecule has 0 aliphatic rings. The van der Waals surface area contributed by atoms with Crippen molar-refractivity contribution >= 4 is 0 Å². The van der Waals surface area contributed by atoms with Crippen molar-refractivity contribution in [2.75, 3.05) is 6.54 Å². The first kappa shape index (κ1) is 14.0. The summed E-state index contributed by atoms with van der Waals surface area (Å²) < 4.78 is 1.87. The molecule has 1 aromatic rings. The molecular weight excluding hydrogens is 210 g/mol. The molecule has 3 nitrogen and oxygen atoms in total. The van der Waals surface area contributed by atoms with E-state index in [-0.39, 0.29) is 0 Å². The summed E-state index contributed by atoms with van der Waals surface area (Å²) in [7, 11) is 1.97. The maximum absolute atomic E-state index is 4.24. The largest absolute Gasteiger partial charge is 0.310 e. The molecule has 0 bridgehead atoms. The smallest absolute Gasteiger partial charge is 0.0537 e. The predicted molar refractivity (Wildman–Crippen MR) is 72.9 cm³/mol. The van der Waals surface area contributed by atoms with E-state index < -0.39 is 0 Å². The van der Waals surface area contributed by atoms with Crippen LogP contribution < -0.4 is 5.32 Å². The van der Waals surface area contributed by atoms with E-state index in [1.54, 1.807) is 0 Å². The maximum Gasteiger partial charge on any atom is 0.0537 e. The zero-order valence-electron chi connectivity index (χ0n) is 11.2. The van der Waals surface area contributed by atoms with Crippen LogP contribution in [0.3, 0.4) is 0 Å². The number of allylic oxidation sites excluding steroid dienone is 1. The molecule has 1 unspecified atom stereocenters. The second kappa shape index (κ2) is 8.07. The Labute approximate surface area is 105 Å². The second-order valence-corrected chi connectivity index (χ2v) is 4.48. The molecule has 0 saturated carbocycles. The number of unbranched alkanes of at least 4 members (excludes halogenated alkanes) is 3. The van der Waals surface area contributed by atoms with Gasteiger partial charge in [0.25, 0.3) is 0 Å². The van der Waals surface area contributed by atoms with Crippen LogP contribution in [0.15, 0.2) is 25.0 Å². The van der Waals surface area contributed by atoms with Gasteiger partial charge in [0.1, 0.15) is 0 Å². The lowest BCUT2D eigenvalue weighted by molar-refractivity contribution is 0.483. The quantitative estimate of drug-likeness (QED) is 0.526. The molecule has 0 saturated heterocycles. The highest BCUT2D eigenvalue weighted by atomic mass is 15.2. The van der Waals surface area contributed by atoms with Crippen molar-refractivity contribution in [3.63, 3.8) is 0 Å². The standard InChI is InChI=1S/C14H25N3/c1-4-6-7-8-9-10-14(15-5-2)13-11-16-17(3)12-13/h4,11-12,14-15H,1,5-10H2,2-3H3. The molecule has 0 aromatic carbocycles. The van der Waals surface area contributed by atoms with Gasteiger partial charge in [0.05, 0.1) is 6.20 Å². The third-order valence-corrected chi connectivity index (χ3v) is 2.98. The summed E-state index contributed by atoms with van der Waals surface area (Å²) in [5, 5.41) is 7.77. The highest BCUT2D eigenvalue weighted by Crippen LogP contribution is 2.19. The fourth-order valence-corrected chi connectivity index (χ4v) is 2.07. The number of aryl methyl sites for hydroxylation is 1. The van der Waals surface area contributed by atoms with E-state index in [9.17, 15) is 0 Å². The molecule has 1 aromatic heterocycles. The normalized spacial score (nSPS) is 12.6. The van der Waals surface area contributed by atoms with Crippen molar-refractivity contribution in [2.24, 2.45) is 7.05 Å².